The van der Waals surface area contributed by atoms with Crippen LogP contribution in [0.3, 0.4) is 0 Å². The lowest BCUT2D eigenvalue weighted by Crippen LogP contribution is -2.48. The van der Waals surface area contributed by atoms with E-state index >= 15 is 0 Å². The molecule has 1 atom stereocenters. The van der Waals surface area contributed by atoms with E-state index in [1.54, 1.807) is 19.3 Å². The number of fused-ring (bicyclic) bond motifs is 2. The van der Waals surface area contributed by atoms with Crippen molar-refractivity contribution in [3.63, 3.8) is 0 Å². The van der Waals surface area contributed by atoms with Crippen LogP contribution in [-0.2, 0) is 9.59 Å². The molecule has 0 fully saturated rings. The van der Waals surface area contributed by atoms with Crippen molar-refractivity contribution in [2.24, 2.45) is 0 Å². The Hall–Kier alpha value is -2.57. The molecule has 2 heterocycles. The Morgan fingerprint density at radius 3 is 3.10 bits per heavy atom. The highest BCUT2D eigenvalue weighted by molar-refractivity contribution is 6.02. The number of likely N-dealkylation sites (N-methyl/N-ethyl adjacent to an activating group) is 1. The zero-order valence-corrected chi connectivity index (χ0v) is 11.1. The van der Waals surface area contributed by atoms with Gasteiger partial charge >= 0.3 is 0 Å². The standard InChI is InChI=1S/C13H14N4O3/c1-7(18)15-10-6-20-12-4-9-8(5-14-16-9)3-11(12)17(2)13(10)19/h3-5,10H,6H2,1-2H3,(H,14,16)(H,15,18)/t10-/m0/s1. The van der Waals surface area contributed by atoms with Crippen LogP contribution in [0.4, 0.5) is 5.69 Å². The van der Waals surface area contributed by atoms with Gasteiger partial charge in [0.1, 0.15) is 18.4 Å². The molecule has 0 spiro atoms. The highest BCUT2D eigenvalue weighted by atomic mass is 16.5. The van der Waals surface area contributed by atoms with Crippen molar-refractivity contribution in [1.82, 2.24) is 15.5 Å². The summed E-state index contributed by atoms with van der Waals surface area (Å²) in [6.45, 7) is 1.48. The first-order valence-corrected chi connectivity index (χ1v) is 6.21. The molecule has 7 nitrogen and oxygen atoms in total. The number of nitrogens with one attached hydrogen (secondary N) is 2. The van der Waals surface area contributed by atoms with Gasteiger partial charge in [-0.2, -0.15) is 5.10 Å². The normalized spacial score (nSPS) is 18.4. The number of anilines is 1. The quantitative estimate of drug-likeness (QED) is 0.789. The highest BCUT2D eigenvalue weighted by Crippen LogP contribution is 2.34. The summed E-state index contributed by atoms with van der Waals surface area (Å²) in [4.78, 5) is 25.0. The molecule has 1 aliphatic heterocycles. The predicted molar refractivity (Wildman–Crippen MR) is 72.6 cm³/mol. The Kier molecular flexibility index (Phi) is 2.81. The van der Waals surface area contributed by atoms with E-state index in [2.05, 4.69) is 15.5 Å². The third kappa shape index (κ3) is 1.97. The summed E-state index contributed by atoms with van der Waals surface area (Å²) < 4.78 is 5.66. The molecule has 3 rings (SSSR count). The van der Waals surface area contributed by atoms with Gasteiger partial charge in [0.05, 0.1) is 17.4 Å². The molecule has 0 saturated carbocycles. The molecule has 0 saturated heterocycles. The number of benzene rings is 1. The van der Waals surface area contributed by atoms with Crippen LogP contribution in [-0.4, -0.2) is 41.7 Å². The van der Waals surface area contributed by atoms with Gasteiger partial charge in [-0.1, -0.05) is 0 Å². The smallest absolute Gasteiger partial charge is 0.252 e. The fraction of sp³-hybridized carbons (Fsp3) is 0.308. The largest absolute Gasteiger partial charge is 0.489 e. The maximum Gasteiger partial charge on any atom is 0.252 e. The lowest BCUT2D eigenvalue weighted by atomic mass is 10.2. The summed E-state index contributed by atoms with van der Waals surface area (Å²) >= 11 is 0. The van der Waals surface area contributed by atoms with Crippen molar-refractivity contribution < 1.29 is 14.3 Å². The molecule has 0 unspecified atom stereocenters. The maximum atomic E-state index is 12.3. The Bertz CT molecular complexity index is 694. The lowest BCUT2D eigenvalue weighted by Gasteiger charge is -2.19. The van der Waals surface area contributed by atoms with Crippen LogP contribution in [0.5, 0.6) is 5.75 Å². The van der Waals surface area contributed by atoms with Gasteiger partial charge in [0.15, 0.2) is 0 Å². The minimum atomic E-state index is -0.679. The molecule has 20 heavy (non-hydrogen) atoms. The van der Waals surface area contributed by atoms with Gasteiger partial charge in [0.2, 0.25) is 5.91 Å². The van der Waals surface area contributed by atoms with Crippen molar-refractivity contribution in [3.8, 4) is 5.75 Å². The predicted octanol–water partition coefficient (Wildman–Crippen LogP) is 0.423. The average Bonchev–Trinajstić information content (AvgIpc) is 2.83. The van der Waals surface area contributed by atoms with Crippen LogP contribution in [0.1, 0.15) is 6.92 Å². The number of nitrogens with zero attached hydrogens (tertiary/aromatic N) is 2. The van der Waals surface area contributed by atoms with E-state index in [4.69, 9.17) is 4.74 Å². The minimum Gasteiger partial charge on any atom is -0.489 e. The third-order valence-electron chi connectivity index (χ3n) is 3.29. The SMILES string of the molecule is CC(=O)N[C@H]1COc2cc3[nH]ncc3cc2N(C)C1=O. The average molecular weight is 274 g/mol. The molecular weight excluding hydrogens is 260 g/mol. The van der Waals surface area contributed by atoms with Crippen LogP contribution in [0.25, 0.3) is 10.9 Å². The highest BCUT2D eigenvalue weighted by Gasteiger charge is 2.30. The number of aromatic amines is 1. The van der Waals surface area contributed by atoms with Gasteiger partial charge in [0.25, 0.3) is 5.91 Å². The second kappa shape index (κ2) is 4.52. The molecule has 0 bridgehead atoms. The molecule has 2 N–H and O–H groups in total. The summed E-state index contributed by atoms with van der Waals surface area (Å²) in [6.07, 6.45) is 1.68. The Labute approximate surface area is 114 Å². The van der Waals surface area contributed by atoms with Gasteiger partial charge in [-0.3, -0.25) is 14.7 Å². The van der Waals surface area contributed by atoms with E-state index < -0.39 is 6.04 Å². The van der Waals surface area contributed by atoms with Gasteiger partial charge in [-0.05, 0) is 6.07 Å². The topological polar surface area (TPSA) is 87.3 Å². The van der Waals surface area contributed by atoms with Crippen LogP contribution >= 0.6 is 0 Å². The number of rotatable bonds is 1. The minimum absolute atomic E-state index is 0.107. The fourth-order valence-corrected chi connectivity index (χ4v) is 2.28. The van der Waals surface area contributed by atoms with Crippen molar-refractivity contribution >= 4 is 28.4 Å². The first-order chi connectivity index (χ1) is 9.56. The first kappa shape index (κ1) is 12.5. The van der Waals surface area contributed by atoms with Gasteiger partial charge < -0.3 is 15.0 Å². The zero-order valence-electron chi connectivity index (χ0n) is 11.1. The third-order valence-corrected chi connectivity index (χ3v) is 3.29. The Morgan fingerprint density at radius 2 is 2.35 bits per heavy atom. The van der Waals surface area contributed by atoms with E-state index in [0.29, 0.717) is 11.4 Å². The van der Waals surface area contributed by atoms with Gasteiger partial charge in [0, 0.05) is 25.4 Å². The molecule has 2 amide bonds. The summed E-state index contributed by atoms with van der Waals surface area (Å²) in [5.74, 6) is 0.120. The van der Waals surface area contributed by atoms with Crippen molar-refractivity contribution in [3.05, 3.63) is 18.3 Å². The molecule has 0 radical (unpaired) electrons. The van der Waals surface area contributed by atoms with E-state index in [-0.39, 0.29) is 18.4 Å². The van der Waals surface area contributed by atoms with Crippen molar-refractivity contribution in [2.45, 2.75) is 13.0 Å². The number of carbonyl (C=O) groups is 2. The molecule has 1 aromatic carbocycles. The molecule has 104 valence electrons. The number of H-pyrrole nitrogens is 1. The number of hydrogen-bond acceptors (Lipinski definition) is 4. The van der Waals surface area contributed by atoms with Gasteiger partial charge in [-0.15, -0.1) is 0 Å². The number of amides is 2. The number of aromatic nitrogens is 2. The zero-order chi connectivity index (χ0) is 14.3. The monoisotopic (exact) mass is 274 g/mol. The Morgan fingerprint density at radius 1 is 1.55 bits per heavy atom. The summed E-state index contributed by atoms with van der Waals surface area (Å²) in [5, 5.41) is 10.3. The van der Waals surface area contributed by atoms with Crippen molar-refractivity contribution in [1.29, 1.82) is 0 Å². The maximum absolute atomic E-state index is 12.3. The van der Waals surface area contributed by atoms with E-state index in [1.165, 1.54) is 11.8 Å². The molecule has 1 aliphatic rings. The lowest BCUT2D eigenvalue weighted by molar-refractivity contribution is -0.126. The Balaban J connectivity index is 2.02. The van der Waals surface area contributed by atoms with Gasteiger partial charge in [-0.25, -0.2) is 0 Å². The first-order valence-electron chi connectivity index (χ1n) is 6.21. The van der Waals surface area contributed by atoms with Crippen molar-refractivity contribution in [2.75, 3.05) is 18.6 Å². The summed E-state index contributed by atoms with van der Waals surface area (Å²) in [6, 6.07) is 2.96. The van der Waals surface area contributed by atoms with Crippen LogP contribution in [0.2, 0.25) is 0 Å². The summed E-state index contributed by atoms with van der Waals surface area (Å²) in [7, 11) is 1.66. The number of carbonyl (C=O) groups excluding carboxylic acids is 2. The second-order valence-electron chi connectivity index (χ2n) is 4.74. The van der Waals surface area contributed by atoms with Crippen LogP contribution in [0.15, 0.2) is 18.3 Å². The number of hydrogen-bond donors (Lipinski definition) is 2. The molecule has 2 aromatic rings. The molecule has 0 aliphatic carbocycles. The van der Waals surface area contributed by atoms with E-state index in [9.17, 15) is 9.59 Å². The molecular formula is C13H14N4O3. The van der Waals surface area contributed by atoms with Crippen LogP contribution in [0, 0.1) is 0 Å². The molecule has 7 heteroatoms. The van der Waals surface area contributed by atoms with E-state index in [0.717, 1.165) is 10.9 Å². The van der Waals surface area contributed by atoms with E-state index in [1.807, 2.05) is 6.07 Å². The second-order valence-corrected chi connectivity index (χ2v) is 4.74. The summed E-state index contributed by atoms with van der Waals surface area (Å²) in [5.41, 5.74) is 1.50. The fourth-order valence-electron chi connectivity index (χ4n) is 2.28. The number of ether oxygens (including phenoxy) is 1. The van der Waals surface area contributed by atoms with Crippen LogP contribution < -0.4 is 15.0 Å². The molecule has 1 aromatic heterocycles.